The van der Waals surface area contributed by atoms with Crippen LogP contribution >= 0.6 is 0 Å². The standard InChI is InChI=1S/C20H19NO4/c22-18(13-6-2-1-3-7-13)16-8-4-5-9-17(16)19(23)21-15-11-10-14(12-15)20(24)25/h1-9,14-15H,10-12H2,(H,21,23)(H,24,25)/t14-,15+/m1/s1. The van der Waals surface area contributed by atoms with Gasteiger partial charge in [0.05, 0.1) is 11.5 Å². The summed E-state index contributed by atoms with van der Waals surface area (Å²) in [4.78, 5) is 36.4. The van der Waals surface area contributed by atoms with E-state index in [1.54, 1.807) is 48.5 Å². The molecule has 0 aliphatic heterocycles. The molecule has 0 spiro atoms. The molecule has 5 heteroatoms. The first-order valence-corrected chi connectivity index (χ1v) is 8.28. The van der Waals surface area contributed by atoms with E-state index < -0.39 is 11.9 Å². The lowest BCUT2D eigenvalue weighted by Gasteiger charge is -2.14. The van der Waals surface area contributed by atoms with Crippen LogP contribution in [0.5, 0.6) is 0 Å². The number of ketones is 1. The monoisotopic (exact) mass is 337 g/mol. The summed E-state index contributed by atoms with van der Waals surface area (Å²) in [7, 11) is 0. The third kappa shape index (κ3) is 3.76. The number of carbonyl (C=O) groups excluding carboxylic acids is 2. The number of amides is 1. The van der Waals surface area contributed by atoms with Crippen LogP contribution in [0.2, 0.25) is 0 Å². The lowest BCUT2D eigenvalue weighted by molar-refractivity contribution is -0.141. The molecule has 25 heavy (non-hydrogen) atoms. The Kier molecular flexibility index (Phi) is 4.93. The van der Waals surface area contributed by atoms with Gasteiger partial charge in [0.1, 0.15) is 0 Å². The van der Waals surface area contributed by atoms with Gasteiger partial charge >= 0.3 is 5.97 Å². The first-order valence-electron chi connectivity index (χ1n) is 8.28. The number of hydrogen-bond acceptors (Lipinski definition) is 3. The minimum absolute atomic E-state index is 0.173. The highest BCUT2D eigenvalue weighted by molar-refractivity contribution is 6.15. The van der Waals surface area contributed by atoms with Crippen molar-refractivity contribution in [1.29, 1.82) is 0 Å². The van der Waals surface area contributed by atoms with Crippen LogP contribution in [0.25, 0.3) is 0 Å². The van der Waals surface area contributed by atoms with Crippen molar-refractivity contribution in [2.75, 3.05) is 0 Å². The lowest BCUT2D eigenvalue weighted by atomic mass is 9.97. The van der Waals surface area contributed by atoms with Crippen LogP contribution in [0, 0.1) is 5.92 Å². The molecule has 1 amide bonds. The fraction of sp³-hybridized carbons (Fsp3) is 0.250. The van der Waals surface area contributed by atoms with Crippen LogP contribution < -0.4 is 5.32 Å². The van der Waals surface area contributed by atoms with Crippen molar-refractivity contribution in [2.45, 2.75) is 25.3 Å². The van der Waals surface area contributed by atoms with Crippen molar-refractivity contribution in [3.8, 4) is 0 Å². The van der Waals surface area contributed by atoms with Gasteiger partial charge in [-0.15, -0.1) is 0 Å². The van der Waals surface area contributed by atoms with Crippen LogP contribution in [0.1, 0.15) is 45.5 Å². The number of carboxylic acids is 1. The van der Waals surface area contributed by atoms with Gasteiger partial charge in [-0.1, -0.05) is 48.5 Å². The first-order chi connectivity index (χ1) is 12.1. The number of aliphatic carboxylic acids is 1. The van der Waals surface area contributed by atoms with Crippen molar-refractivity contribution < 1.29 is 19.5 Å². The molecule has 2 aromatic rings. The van der Waals surface area contributed by atoms with Gasteiger partial charge in [0.2, 0.25) is 0 Å². The van der Waals surface area contributed by atoms with E-state index >= 15 is 0 Å². The zero-order valence-corrected chi connectivity index (χ0v) is 13.6. The lowest BCUT2D eigenvalue weighted by Crippen LogP contribution is -2.34. The summed E-state index contributed by atoms with van der Waals surface area (Å²) in [5.74, 6) is -1.78. The smallest absolute Gasteiger partial charge is 0.306 e. The maximum absolute atomic E-state index is 12.7. The molecule has 0 heterocycles. The predicted octanol–water partition coefficient (Wildman–Crippen LogP) is 2.90. The number of nitrogens with one attached hydrogen (secondary N) is 1. The number of hydrogen-bond donors (Lipinski definition) is 2. The molecule has 3 rings (SSSR count). The van der Waals surface area contributed by atoms with Crippen LogP contribution in [0.3, 0.4) is 0 Å². The van der Waals surface area contributed by atoms with Gasteiger partial charge in [-0.3, -0.25) is 14.4 Å². The molecule has 0 saturated heterocycles. The molecule has 2 N–H and O–H groups in total. The second-order valence-electron chi connectivity index (χ2n) is 6.26. The summed E-state index contributed by atoms with van der Waals surface area (Å²) < 4.78 is 0. The van der Waals surface area contributed by atoms with E-state index in [9.17, 15) is 14.4 Å². The Morgan fingerprint density at radius 2 is 1.52 bits per heavy atom. The molecule has 2 atom stereocenters. The van der Waals surface area contributed by atoms with Crippen molar-refractivity contribution in [2.24, 2.45) is 5.92 Å². The molecule has 1 fully saturated rings. The normalized spacial score (nSPS) is 19.4. The Balaban J connectivity index is 1.78. The third-order valence-corrected chi connectivity index (χ3v) is 4.57. The molecule has 5 nitrogen and oxygen atoms in total. The summed E-state index contributed by atoms with van der Waals surface area (Å²) in [6, 6.07) is 15.3. The van der Waals surface area contributed by atoms with E-state index in [-0.39, 0.29) is 17.7 Å². The van der Waals surface area contributed by atoms with Crippen molar-refractivity contribution in [1.82, 2.24) is 5.32 Å². The molecule has 1 saturated carbocycles. The van der Waals surface area contributed by atoms with Gasteiger partial charge in [-0.05, 0) is 25.3 Å². The molecule has 1 aliphatic carbocycles. The Labute approximate surface area is 145 Å². The second-order valence-corrected chi connectivity index (χ2v) is 6.26. The molecule has 2 aromatic carbocycles. The van der Waals surface area contributed by atoms with E-state index in [4.69, 9.17) is 5.11 Å². The zero-order valence-electron chi connectivity index (χ0n) is 13.6. The van der Waals surface area contributed by atoms with Crippen LogP contribution in [-0.4, -0.2) is 28.8 Å². The topological polar surface area (TPSA) is 83.5 Å². The van der Waals surface area contributed by atoms with Gasteiger partial charge < -0.3 is 10.4 Å². The van der Waals surface area contributed by atoms with E-state index in [0.29, 0.717) is 36.0 Å². The van der Waals surface area contributed by atoms with Gasteiger partial charge in [0, 0.05) is 17.2 Å². The van der Waals surface area contributed by atoms with Crippen molar-refractivity contribution in [3.05, 3.63) is 71.3 Å². The Bertz CT molecular complexity index is 800. The van der Waals surface area contributed by atoms with E-state index in [0.717, 1.165) is 0 Å². The van der Waals surface area contributed by atoms with E-state index in [1.165, 1.54) is 0 Å². The van der Waals surface area contributed by atoms with E-state index in [1.807, 2.05) is 6.07 Å². The number of carbonyl (C=O) groups is 3. The summed E-state index contributed by atoms with van der Waals surface area (Å²) in [5, 5.41) is 11.9. The van der Waals surface area contributed by atoms with Gasteiger partial charge in [-0.2, -0.15) is 0 Å². The highest BCUT2D eigenvalue weighted by Gasteiger charge is 2.31. The average molecular weight is 337 g/mol. The zero-order chi connectivity index (χ0) is 17.8. The fourth-order valence-electron chi connectivity index (χ4n) is 3.22. The SMILES string of the molecule is O=C(N[C@H]1CC[C@@H](C(=O)O)C1)c1ccccc1C(=O)c1ccccc1. The maximum Gasteiger partial charge on any atom is 0.306 e. The number of rotatable bonds is 5. The minimum Gasteiger partial charge on any atom is -0.481 e. The highest BCUT2D eigenvalue weighted by Crippen LogP contribution is 2.26. The number of benzene rings is 2. The van der Waals surface area contributed by atoms with Gasteiger partial charge in [0.15, 0.2) is 5.78 Å². The maximum atomic E-state index is 12.7. The van der Waals surface area contributed by atoms with Gasteiger partial charge in [0.25, 0.3) is 5.91 Å². The van der Waals surface area contributed by atoms with Gasteiger partial charge in [-0.25, -0.2) is 0 Å². The van der Waals surface area contributed by atoms with Crippen molar-refractivity contribution in [3.63, 3.8) is 0 Å². The Morgan fingerprint density at radius 1 is 0.880 bits per heavy atom. The largest absolute Gasteiger partial charge is 0.481 e. The molecule has 0 radical (unpaired) electrons. The molecule has 0 unspecified atom stereocenters. The molecule has 128 valence electrons. The summed E-state index contributed by atoms with van der Waals surface area (Å²) >= 11 is 0. The molecule has 0 bridgehead atoms. The second kappa shape index (κ2) is 7.30. The average Bonchev–Trinajstić information content (AvgIpc) is 3.10. The first kappa shape index (κ1) is 16.9. The summed E-state index contributed by atoms with van der Waals surface area (Å²) in [5.41, 5.74) is 1.18. The van der Waals surface area contributed by atoms with E-state index in [2.05, 4.69) is 5.32 Å². The molecular formula is C20H19NO4. The quantitative estimate of drug-likeness (QED) is 0.822. The fourth-order valence-corrected chi connectivity index (χ4v) is 3.22. The van der Waals surface area contributed by atoms with Crippen LogP contribution in [0.4, 0.5) is 0 Å². The van der Waals surface area contributed by atoms with Crippen LogP contribution in [0.15, 0.2) is 54.6 Å². The minimum atomic E-state index is -0.823. The number of carboxylic acid groups (broad SMARTS) is 1. The van der Waals surface area contributed by atoms with Crippen LogP contribution in [-0.2, 0) is 4.79 Å². The highest BCUT2D eigenvalue weighted by atomic mass is 16.4. The molecular weight excluding hydrogens is 318 g/mol. The summed E-state index contributed by atoms with van der Waals surface area (Å²) in [6.45, 7) is 0. The summed E-state index contributed by atoms with van der Waals surface area (Å²) in [6.07, 6.45) is 1.62. The Morgan fingerprint density at radius 3 is 2.16 bits per heavy atom. The Hall–Kier alpha value is -2.95. The van der Waals surface area contributed by atoms with Crippen molar-refractivity contribution >= 4 is 17.7 Å². The third-order valence-electron chi connectivity index (χ3n) is 4.57. The molecule has 1 aliphatic rings. The molecule has 0 aromatic heterocycles. The predicted molar refractivity (Wildman–Crippen MR) is 92.5 cm³/mol.